The van der Waals surface area contributed by atoms with E-state index in [4.69, 9.17) is 0 Å². The Bertz CT molecular complexity index is 468. The Labute approximate surface area is 106 Å². The fraction of sp³-hybridized carbons (Fsp3) is 0. The SMILES string of the molecule is Fc1cccc(Br)c1Nc1nnc(Br)s1. The largest absolute Gasteiger partial charge is 0.327 e. The predicted octanol–water partition coefficient (Wildman–Crippen LogP) is 3.95. The molecule has 15 heavy (non-hydrogen) atoms. The van der Waals surface area contributed by atoms with E-state index in [1.807, 2.05) is 0 Å². The zero-order valence-corrected chi connectivity index (χ0v) is 11.2. The van der Waals surface area contributed by atoms with Crippen molar-refractivity contribution >= 4 is 54.0 Å². The summed E-state index contributed by atoms with van der Waals surface area (Å²) >= 11 is 7.73. The average molecular weight is 353 g/mol. The molecule has 0 saturated carbocycles. The van der Waals surface area contributed by atoms with E-state index >= 15 is 0 Å². The molecule has 0 fully saturated rings. The highest BCUT2D eigenvalue weighted by atomic mass is 79.9. The van der Waals surface area contributed by atoms with Crippen molar-refractivity contribution in [3.8, 4) is 0 Å². The van der Waals surface area contributed by atoms with Crippen LogP contribution in [-0.4, -0.2) is 10.2 Å². The standard InChI is InChI=1S/C8H4Br2FN3S/c9-4-2-1-3-5(11)6(4)12-8-14-13-7(10)15-8/h1-3H,(H,12,14). The lowest BCUT2D eigenvalue weighted by molar-refractivity contribution is 0.631. The quantitative estimate of drug-likeness (QED) is 0.889. The van der Waals surface area contributed by atoms with Crippen LogP contribution in [0.4, 0.5) is 15.2 Å². The summed E-state index contributed by atoms with van der Waals surface area (Å²) in [4.78, 5) is 0. The Morgan fingerprint density at radius 3 is 2.67 bits per heavy atom. The van der Waals surface area contributed by atoms with E-state index in [-0.39, 0.29) is 5.82 Å². The van der Waals surface area contributed by atoms with Gasteiger partial charge in [-0.1, -0.05) is 17.4 Å². The summed E-state index contributed by atoms with van der Waals surface area (Å²) in [6, 6.07) is 4.76. The van der Waals surface area contributed by atoms with Gasteiger partial charge >= 0.3 is 0 Å². The van der Waals surface area contributed by atoms with E-state index in [0.29, 0.717) is 19.2 Å². The van der Waals surface area contributed by atoms with Crippen LogP contribution in [0.25, 0.3) is 0 Å². The second-order valence-corrected chi connectivity index (χ2v) is 5.69. The van der Waals surface area contributed by atoms with Crippen LogP contribution in [0.15, 0.2) is 26.6 Å². The lowest BCUT2D eigenvalue weighted by Gasteiger charge is -2.05. The van der Waals surface area contributed by atoms with Crippen molar-refractivity contribution < 1.29 is 4.39 Å². The van der Waals surface area contributed by atoms with Crippen LogP contribution < -0.4 is 5.32 Å². The number of rotatable bonds is 2. The van der Waals surface area contributed by atoms with Gasteiger partial charge in [-0.2, -0.15) is 0 Å². The Balaban J connectivity index is 2.31. The van der Waals surface area contributed by atoms with Crippen LogP contribution in [-0.2, 0) is 0 Å². The number of nitrogens with one attached hydrogen (secondary N) is 1. The van der Waals surface area contributed by atoms with Crippen molar-refractivity contribution in [3.63, 3.8) is 0 Å². The lowest BCUT2D eigenvalue weighted by atomic mass is 10.3. The van der Waals surface area contributed by atoms with E-state index in [1.165, 1.54) is 17.4 Å². The van der Waals surface area contributed by atoms with Crippen LogP contribution in [0.1, 0.15) is 0 Å². The molecule has 1 aromatic carbocycles. The summed E-state index contributed by atoms with van der Waals surface area (Å²) < 4.78 is 14.7. The number of halogens is 3. The maximum Gasteiger partial charge on any atom is 0.211 e. The molecule has 0 aliphatic rings. The molecule has 0 aliphatic carbocycles. The van der Waals surface area contributed by atoms with E-state index in [9.17, 15) is 4.39 Å². The smallest absolute Gasteiger partial charge is 0.211 e. The van der Waals surface area contributed by atoms with Crippen LogP contribution in [0.2, 0.25) is 0 Å². The van der Waals surface area contributed by atoms with Gasteiger partial charge in [-0.3, -0.25) is 0 Å². The van der Waals surface area contributed by atoms with Crippen molar-refractivity contribution in [1.29, 1.82) is 0 Å². The van der Waals surface area contributed by atoms with Gasteiger partial charge in [0.1, 0.15) is 5.82 Å². The number of hydrogen-bond acceptors (Lipinski definition) is 4. The van der Waals surface area contributed by atoms with Gasteiger partial charge in [-0.05, 0) is 44.0 Å². The topological polar surface area (TPSA) is 37.8 Å². The van der Waals surface area contributed by atoms with Crippen LogP contribution in [0.3, 0.4) is 0 Å². The number of nitrogens with zero attached hydrogens (tertiary/aromatic N) is 2. The molecule has 0 amide bonds. The van der Waals surface area contributed by atoms with E-state index in [0.717, 1.165) is 0 Å². The van der Waals surface area contributed by atoms with Gasteiger partial charge in [-0.25, -0.2) is 4.39 Å². The Hall–Kier alpha value is -0.530. The summed E-state index contributed by atoms with van der Waals surface area (Å²) in [6.07, 6.45) is 0. The number of aromatic nitrogens is 2. The first-order chi connectivity index (χ1) is 7.16. The molecular formula is C8H4Br2FN3S. The van der Waals surface area contributed by atoms with E-state index in [1.54, 1.807) is 12.1 Å². The van der Waals surface area contributed by atoms with Crippen molar-refractivity contribution in [2.75, 3.05) is 5.32 Å². The van der Waals surface area contributed by atoms with Gasteiger partial charge in [0.2, 0.25) is 5.13 Å². The Morgan fingerprint density at radius 2 is 2.07 bits per heavy atom. The van der Waals surface area contributed by atoms with Crippen molar-refractivity contribution in [2.24, 2.45) is 0 Å². The average Bonchev–Trinajstić information content (AvgIpc) is 2.58. The number of hydrogen-bond donors (Lipinski definition) is 1. The molecule has 2 aromatic rings. The fourth-order valence-electron chi connectivity index (χ4n) is 0.980. The van der Waals surface area contributed by atoms with E-state index < -0.39 is 0 Å². The van der Waals surface area contributed by atoms with Crippen molar-refractivity contribution in [1.82, 2.24) is 10.2 Å². The summed E-state index contributed by atoms with van der Waals surface area (Å²) in [7, 11) is 0. The molecule has 2 rings (SSSR count). The minimum atomic E-state index is -0.337. The summed E-state index contributed by atoms with van der Waals surface area (Å²) in [5, 5.41) is 11.0. The maximum absolute atomic E-state index is 13.4. The fourth-order valence-corrected chi connectivity index (χ4v) is 2.44. The minimum absolute atomic E-state index is 0.337. The van der Waals surface area contributed by atoms with Gasteiger partial charge in [-0.15, -0.1) is 10.2 Å². The molecule has 1 heterocycles. The molecule has 0 saturated heterocycles. The van der Waals surface area contributed by atoms with E-state index in [2.05, 4.69) is 47.4 Å². The van der Waals surface area contributed by atoms with Crippen LogP contribution in [0.5, 0.6) is 0 Å². The first kappa shape index (κ1) is 11.0. The minimum Gasteiger partial charge on any atom is -0.327 e. The second-order valence-electron chi connectivity index (χ2n) is 2.58. The molecule has 0 bridgehead atoms. The molecule has 1 aromatic heterocycles. The molecule has 3 nitrogen and oxygen atoms in total. The highest BCUT2D eigenvalue weighted by molar-refractivity contribution is 9.11. The number of anilines is 2. The molecule has 78 valence electrons. The molecule has 0 atom stereocenters. The third-order valence-corrected chi connectivity index (χ3v) is 3.53. The van der Waals surface area contributed by atoms with Gasteiger partial charge in [0, 0.05) is 4.47 Å². The Kier molecular flexibility index (Phi) is 3.32. The zero-order chi connectivity index (χ0) is 10.8. The predicted molar refractivity (Wildman–Crippen MR) is 65.0 cm³/mol. The third kappa shape index (κ3) is 2.53. The molecule has 7 heteroatoms. The molecule has 0 spiro atoms. The third-order valence-electron chi connectivity index (χ3n) is 1.60. The van der Waals surface area contributed by atoms with Gasteiger partial charge in [0.15, 0.2) is 3.92 Å². The number of benzene rings is 1. The molecule has 1 N–H and O–H groups in total. The molecule has 0 unspecified atom stereocenters. The molecular weight excluding hydrogens is 349 g/mol. The Morgan fingerprint density at radius 1 is 1.27 bits per heavy atom. The highest BCUT2D eigenvalue weighted by Gasteiger charge is 2.09. The molecule has 0 radical (unpaired) electrons. The summed E-state index contributed by atoms with van der Waals surface area (Å²) in [5.41, 5.74) is 0.362. The van der Waals surface area contributed by atoms with Crippen molar-refractivity contribution in [2.45, 2.75) is 0 Å². The number of para-hydroxylation sites is 1. The van der Waals surface area contributed by atoms with Gasteiger partial charge < -0.3 is 5.32 Å². The highest BCUT2D eigenvalue weighted by Crippen LogP contribution is 2.30. The normalized spacial score (nSPS) is 10.3. The maximum atomic E-state index is 13.4. The summed E-state index contributed by atoms with van der Waals surface area (Å²) in [5.74, 6) is -0.337. The lowest BCUT2D eigenvalue weighted by Crippen LogP contribution is -1.94. The van der Waals surface area contributed by atoms with Crippen molar-refractivity contribution in [3.05, 3.63) is 32.4 Å². The van der Waals surface area contributed by atoms with Crippen LogP contribution >= 0.6 is 43.2 Å². The van der Waals surface area contributed by atoms with Crippen LogP contribution in [0, 0.1) is 5.82 Å². The second kappa shape index (κ2) is 4.54. The summed E-state index contributed by atoms with van der Waals surface area (Å²) in [6.45, 7) is 0. The zero-order valence-electron chi connectivity index (χ0n) is 7.17. The molecule has 0 aliphatic heterocycles. The van der Waals surface area contributed by atoms with Gasteiger partial charge in [0.25, 0.3) is 0 Å². The monoisotopic (exact) mass is 351 g/mol. The first-order valence-corrected chi connectivity index (χ1v) is 6.27. The first-order valence-electron chi connectivity index (χ1n) is 3.87. The van der Waals surface area contributed by atoms with Gasteiger partial charge in [0.05, 0.1) is 5.69 Å².